The Kier molecular flexibility index (Phi) is 5.98. The van der Waals surface area contributed by atoms with Crippen molar-refractivity contribution in [2.24, 2.45) is 5.10 Å². The third-order valence-corrected chi connectivity index (χ3v) is 4.09. The molecule has 0 radical (unpaired) electrons. The number of anilines is 1. The minimum Gasteiger partial charge on any atom is -0.460 e. The molecule has 6 heteroatoms. The third-order valence-electron chi connectivity index (χ3n) is 3.36. The van der Waals surface area contributed by atoms with Crippen LogP contribution < -0.4 is 10.7 Å². The molecule has 1 aromatic heterocycles. The highest BCUT2D eigenvalue weighted by molar-refractivity contribution is 9.10. The first kappa shape index (κ1) is 17.4. The monoisotopic (exact) mass is 413 g/mol. The SMILES string of the molecule is S=C(N/N=C\c1ccc(Cc2ccc(Br)cc2)o1)Nc1ccccc1. The van der Waals surface area contributed by atoms with Crippen molar-refractivity contribution in [3.63, 3.8) is 0 Å². The van der Waals surface area contributed by atoms with Crippen molar-refractivity contribution in [3.05, 3.63) is 88.3 Å². The van der Waals surface area contributed by atoms with Gasteiger partial charge in [-0.2, -0.15) is 5.10 Å². The van der Waals surface area contributed by atoms with E-state index in [-0.39, 0.29) is 0 Å². The van der Waals surface area contributed by atoms with E-state index in [2.05, 4.69) is 43.9 Å². The van der Waals surface area contributed by atoms with Gasteiger partial charge in [0.1, 0.15) is 11.5 Å². The molecule has 3 rings (SSSR count). The van der Waals surface area contributed by atoms with Crippen LogP contribution in [0.4, 0.5) is 5.69 Å². The Balaban J connectivity index is 1.51. The summed E-state index contributed by atoms with van der Waals surface area (Å²) in [6.07, 6.45) is 2.34. The molecule has 2 aromatic carbocycles. The lowest BCUT2D eigenvalue weighted by Gasteiger charge is -2.05. The van der Waals surface area contributed by atoms with Gasteiger partial charge in [0.15, 0.2) is 5.11 Å². The Morgan fingerprint density at radius 1 is 1.04 bits per heavy atom. The van der Waals surface area contributed by atoms with Crippen molar-refractivity contribution in [2.45, 2.75) is 6.42 Å². The first-order chi connectivity index (χ1) is 12.2. The first-order valence-corrected chi connectivity index (χ1v) is 8.87. The van der Waals surface area contributed by atoms with E-state index < -0.39 is 0 Å². The number of hydrazone groups is 1. The first-order valence-electron chi connectivity index (χ1n) is 7.67. The summed E-state index contributed by atoms with van der Waals surface area (Å²) in [6, 6.07) is 21.7. The Labute approximate surface area is 160 Å². The number of rotatable bonds is 5. The number of para-hydroxylation sites is 1. The lowest BCUT2D eigenvalue weighted by atomic mass is 10.1. The molecule has 2 N–H and O–H groups in total. The van der Waals surface area contributed by atoms with E-state index >= 15 is 0 Å². The topological polar surface area (TPSA) is 49.6 Å². The summed E-state index contributed by atoms with van der Waals surface area (Å²) >= 11 is 8.62. The summed E-state index contributed by atoms with van der Waals surface area (Å²) < 4.78 is 6.82. The molecule has 4 nitrogen and oxygen atoms in total. The van der Waals surface area contributed by atoms with Crippen molar-refractivity contribution in [1.29, 1.82) is 0 Å². The molecule has 0 bridgehead atoms. The van der Waals surface area contributed by atoms with Gasteiger partial charge in [-0.1, -0.05) is 46.3 Å². The van der Waals surface area contributed by atoms with Crippen LogP contribution in [0.5, 0.6) is 0 Å². The summed E-state index contributed by atoms with van der Waals surface area (Å²) in [5.74, 6) is 1.55. The summed E-state index contributed by atoms with van der Waals surface area (Å²) in [5, 5.41) is 7.55. The fourth-order valence-corrected chi connectivity index (χ4v) is 2.63. The van der Waals surface area contributed by atoms with Crippen LogP contribution >= 0.6 is 28.1 Å². The maximum absolute atomic E-state index is 5.75. The standard InChI is InChI=1S/C19H16BrN3OS/c20-15-8-6-14(7-9-15)12-17-10-11-18(24-17)13-21-23-19(25)22-16-4-2-1-3-5-16/h1-11,13H,12H2,(H2,22,23,25)/b21-13-. The Morgan fingerprint density at radius 3 is 2.56 bits per heavy atom. The predicted octanol–water partition coefficient (Wildman–Crippen LogP) is 4.95. The highest BCUT2D eigenvalue weighted by atomic mass is 79.9. The van der Waals surface area contributed by atoms with Gasteiger partial charge in [0.2, 0.25) is 0 Å². The molecule has 0 spiro atoms. The van der Waals surface area contributed by atoms with Gasteiger partial charge < -0.3 is 9.73 Å². The van der Waals surface area contributed by atoms with Crippen molar-refractivity contribution in [2.75, 3.05) is 5.32 Å². The molecular formula is C19H16BrN3OS. The van der Waals surface area contributed by atoms with E-state index in [0.29, 0.717) is 10.9 Å². The summed E-state index contributed by atoms with van der Waals surface area (Å²) in [4.78, 5) is 0. The fourth-order valence-electron chi connectivity index (χ4n) is 2.20. The highest BCUT2D eigenvalue weighted by Crippen LogP contribution is 2.15. The molecule has 1 heterocycles. The lowest BCUT2D eigenvalue weighted by Crippen LogP contribution is -2.23. The molecule has 0 aliphatic heterocycles. The number of thiocarbonyl (C=S) groups is 1. The maximum Gasteiger partial charge on any atom is 0.191 e. The quantitative estimate of drug-likeness (QED) is 0.352. The van der Waals surface area contributed by atoms with Gasteiger partial charge in [0.05, 0.1) is 6.21 Å². The second-order valence-corrected chi connectivity index (χ2v) is 6.62. The van der Waals surface area contributed by atoms with Gasteiger partial charge in [-0.15, -0.1) is 0 Å². The van der Waals surface area contributed by atoms with E-state index in [1.165, 1.54) is 5.56 Å². The van der Waals surface area contributed by atoms with E-state index in [1.807, 2.05) is 54.6 Å². The number of benzene rings is 2. The molecule has 0 saturated carbocycles. The minimum atomic E-state index is 0.420. The number of nitrogens with one attached hydrogen (secondary N) is 2. The van der Waals surface area contributed by atoms with Gasteiger partial charge >= 0.3 is 0 Å². The Hall–Kier alpha value is -2.44. The van der Waals surface area contributed by atoms with Gasteiger partial charge in [-0.25, -0.2) is 0 Å². The summed E-state index contributed by atoms with van der Waals surface area (Å²) in [7, 11) is 0. The minimum absolute atomic E-state index is 0.420. The van der Waals surface area contributed by atoms with Crippen molar-refractivity contribution >= 4 is 45.2 Å². The van der Waals surface area contributed by atoms with Crippen LogP contribution in [0.15, 0.2) is 80.7 Å². The van der Waals surface area contributed by atoms with Crippen molar-refractivity contribution in [3.8, 4) is 0 Å². The highest BCUT2D eigenvalue weighted by Gasteiger charge is 2.02. The number of hydrogen-bond acceptors (Lipinski definition) is 3. The van der Waals surface area contributed by atoms with Gasteiger partial charge in [0.25, 0.3) is 0 Å². The molecule has 0 saturated heterocycles. The van der Waals surface area contributed by atoms with E-state index in [4.69, 9.17) is 16.6 Å². The van der Waals surface area contributed by atoms with Gasteiger partial charge in [-0.3, -0.25) is 5.43 Å². The number of halogens is 1. The average Bonchev–Trinajstić information content (AvgIpc) is 3.05. The van der Waals surface area contributed by atoms with Crippen molar-refractivity contribution < 1.29 is 4.42 Å². The van der Waals surface area contributed by atoms with Crippen LogP contribution in [0.2, 0.25) is 0 Å². The van der Waals surface area contributed by atoms with Crippen LogP contribution in [-0.4, -0.2) is 11.3 Å². The number of nitrogens with zero attached hydrogens (tertiary/aromatic N) is 1. The molecule has 0 unspecified atom stereocenters. The van der Waals surface area contributed by atoms with E-state index in [0.717, 1.165) is 22.3 Å². The maximum atomic E-state index is 5.75. The van der Waals surface area contributed by atoms with E-state index in [9.17, 15) is 0 Å². The molecule has 0 fully saturated rings. The number of hydrogen-bond donors (Lipinski definition) is 2. The summed E-state index contributed by atoms with van der Waals surface area (Å²) in [5.41, 5.74) is 4.86. The molecular weight excluding hydrogens is 398 g/mol. The zero-order chi connectivity index (χ0) is 17.5. The second kappa shape index (κ2) is 8.60. The number of furan rings is 1. The smallest absolute Gasteiger partial charge is 0.191 e. The normalized spacial score (nSPS) is 10.8. The zero-order valence-corrected chi connectivity index (χ0v) is 15.7. The lowest BCUT2D eigenvalue weighted by molar-refractivity contribution is 0.514. The molecule has 0 amide bonds. The average molecular weight is 414 g/mol. The second-order valence-electron chi connectivity index (χ2n) is 5.30. The largest absolute Gasteiger partial charge is 0.460 e. The molecule has 0 aliphatic carbocycles. The molecule has 0 aliphatic rings. The molecule has 126 valence electrons. The molecule has 3 aromatic rings. The molecule has 25 heavy (non-hydrogen) atoms. The summed E-state index contributed by atoms with van der Waals surface area (Å²) in [6.45, 7) is 0. The van der Waals surface area contributed by atoms with Crippen LogP contribution in [-0.2, 0) is 6.42 Å². The van der Waals surface area contributed by atoms with Gasteiger partial charge in [0, 0.05) is 16.6 Å². The van der Waals surface area contributed by atoms with Crippen LogP contribution in [0.1, 0.15) is 17.1 Å². The third kappa shape index (κ3) is 5.55. The fraction of sp³-hybridized carbons (Fsp3) is 0.0526. The van der Waals surface area contributed by atoms with Crippen LogP contribution in [0.25, 0.3) is 0 Å². The van der Waals surface area contributed by atoms with E-state index in [1.54, 1.807) is 6.21 Å². The van der Waals surface area contributed by atoms with Crippen LogP contribution in [0.3, 0.4) is 0 Å². The molecule has 0 atom stereocenters. The Morgan fingerprint density at radius 2 is 1.80 bits per heavy atom. The van der Waals surface area contributed by atoms with Gasteiger partial charge in [-0.05, 0) is 54.2 Å². The van der Waals surface area contributed by atoms with Crippen molar-refractivity contribution in [1.82, 2.24) is 5.43 Å². The Bertz CT molecular complexity index is 860. The predicted molar refractivity (Wildman–Crippen MR) is 109 cm³/mol. The van der Waals surface area contributed by atoms with Crippen LogP contribution in [0, 0.1) is 0 Å². The zero-order valence-electron chi connectivity index (χ0n) is 13.3.